The number of halogens is 4. The van der Waals surface area contributed by atoms with Gasteiger partial charge in [-0.25, -0.2) is 4.98 Å². The van der Waals surface area contributed by atoms with Crippen LogP contribution in [0.4, 0.5) is 13.2 Å². The van der Waals surface area contributed by atoms with Crippen LogP contribution in [0.15, 0.2) is 45.8 Å². The second-order valence-corrected chi connectivity index (χ2v) is 11.0. The van der Waals surface area contributed by atoms with E-state index in [2.05, 4.69) is 10.3 Å². The Morgan fingerprint density at radius 1 is 1.23 bits per heavy atom. The molecule has 0 amide bonds. The van der Waals surface area contributed by atoms with E-state index in [4.69, 9.17) is 21.1 Å². The van der Waals surface area contributed by atoms with Gasteiger partial charge in [0.15, 0.2) is 17.2 Å². The monoisotopic (exact) mass is 571 g/mol. The zero-order valence-corrected chi connectivity index (χ0v) is 21.7. The van der Waals surface area contributed by atoms with Crippen molar-refractivity contribution in [1.29, 1.82) is 0 Å². The first-order valence-electron chi connectivity index (χ1n) is 11.9. The first kappa shape index (κ1) is 24.2. The third-order valence-electron chi connectivity index (χ3n) is 7.03. The predicted octanol–water partition coefficient (Wildman–Crippen LogP) is 6.46. The molecule has 39 heavy (non-hydrogen) atoms. The van der Waals surface area contributed by atoms with E-state index in [0.29, 0.717) is 20.5 Å². The maximum Gasteiger partial charge on any atom is 0.436 e. The largest absolute Gasteiger partial charge is 0.505 e. The number of aryl methyl sites for hydroxylation is 1. The van der Waals surface area contributed by atoms with E-state index in [1.807, 2.05) is 19.2 Å². The Kier molecular flexibility index (Phi) is 5.14. The Balaban J connectivity index is 1.53. The van der Waals surface area contributed by atoms with E-state index in [9.17, 15) is 23.1 Å². The van der Waals surface area contributed by atoms with Gasteiger partial charge < -0.3 is 9.63 Å². The fraction of sp³-hybridized carbons (Fsp3) is 0.231. The van der Waals surface area contributed by atoms with Crippen LogP contribution in [0.3, 0.4) is 0 Å². The van der Waals surface area contributed by atoms with E-state index < -0.39 is 17.4 Å². The molecule has 1 aliphatic rings. The molecule has 2 aromatic carbocycles. The Labute approximate surface area is 225 Å². The minimum Gasteiger partial charge on any atom is -0.505 e. The Hall–Kier alpha value is -3.90. The summed E-state index contributed by atoms with van der Waals surface area (Å²) in [5, 5.41) is 19.7. The summed E-state index contributed by atoms with van der Waals surface area (Å²) in [6, 6.07) is 7.82. The Bertz CT molecular complexity index is 2020. The van der Waals surface area contributed by atoms with Gasteiger partial charge in [0.1, 0.15) is 10.7 Å². The average Bonchev–Trinajstić information content (AvgIpc) is 3.32. The van der Waals surface area contributed by atoms with Crippen LogP contribution in [0.1, 0.15) is 35.8 Å². The fourth-order valence-electron chi connectivity index (χ4n) is 4.95. The number of alkyl halides is 3. The van der Waals surface area contributed by atoms with Gasteiger partial charge in [-0.3, -0.25) is 14.0 Å². The number of thiophene rings is 1. The summed E-state index contributed by atoms with van der Waals surface area (Å²) in [7, 11) is 1.84. The average molecular weight is 572 g/mol. The molecule has 0 saturated heterocycles. The number of benzene rings is 2. The number of nitrogens with zero attached hydrogens (tertiary/aromatic N) is 5. The minimum atomic E-state index is -4.69. The van der Waals surface area contributed by atoms with Crippen LogP contribution in [-0.2, 0) is 19.8 Å². The van der Waals surface area contributed by atoms with Crippen molar-refractivity contribution >= 4 is 54.1 Å². The first-order chi connectivity index (χ1) is 18.6. The molecule has 0 spiro atoms. The fourth-order valence-corrected chi connectivity index (χ4v) is 6.28. The lowest BCUT2D eigenvalue weighted by Gasteiger charge is -2.15. The topological polar surface area (TPSA) is 99.0 Å². The standard InChI is InChI=1S/C26H17ClF3N5O3S/c1-34-18-8-15(11-2-3-11)16(6-12(18)9-31-34)23-32-24-20(14-4-5-17(27)21(36)22(14)39-24)25(37)35(23)10-13-7-19(33-38-13)26(28,29)30/h4-9,11,36H,2-3,10H2,1H3. The molecule has 8 nitrogen and oxygen atoms in total. The highest BCUT2D eigenvalue weighted by atomic mass is 35.5. The zero-order chi connectivity index (χ0) is 27.2. The highest BCUT2D eigenvalue weighted by molar-refractivity contribution is 7.25. The molecule has 1 aliphatic carbocycles. The summed E-state index contributed by atoms with van der Waals surface area (Å²) in [5.41, 5.74) is 0.916. The molecule has 1 N–H and O–H groups in total. The molecule has 1 fully saturated rings. The lowest BCUT2D eigenvalue weighted by atomic mass is 10.00. The number of rotatable bonds is 4. The molecule has 7 rings (SSSR count). The molecule has 4 heterocycles. The lowest BCUT2D eigenvalue weighted by molar-refractivity contribution is -0.142. The van der Waals surface area contributed by atoms with Crippen LogP contribution >= 0.6 is 22.9 Å². The van der Waals surface area contributed by atoms with Crippen molar-refractivity contribution in [3.63, 3.8) is 0 Å². The van der Waals surface area contributed by atoms with Crippen LogP contribution in [0.25, 0.3) is 42.6 Å². The van der Waals surface area contributed by atoms with E-state index >= 15 is 0 Å². The van der Waals surface area contributed by atoms with Gasteiger partial charge in [-0.1, -0.05) is 22.8 Å². The van der Waals surface area contributed by atoms with Crippen LogP contribution in [0.5, 0.6) is 5.75 Å². The van der Waals surface area contributed by atoms with Gasteiger partial charge >= 0.3 is 6.18 Å². The summed E-state index contributed by atoms with van der Waals surface area (Å²) in [6.45, 7) is -0.327. The number of aromatic nitrogens is 5. The van der Waals surface area contributed by atoms with E-state index in [-0.39, 0.29) is 40.2 Å². The third kappa shape index (κ3) is 3.80. The molecule has 6 aromatic rings. The number of phenolic OH excluding ortho intramolecular Hbond substituents is 1. The van der Waals surface area contributed by atoms with Crippen molar-refractivity contribution in [2.24, 2.45) is 7.05 Å². The van der Waals surface area contributed by atoms with Crippen LogP contribution < -0.4 is 5.56 Å². The molecule has 4 aromatic heterocycles. The predicted molar refractivity (Wildman–Crippen MR) is 140 cm³/mol. The number of hydrogen-bond acceptors (Lipinski definition) is 7. The van der Waals surface area contributed by atoms with Gasteiger partial charge in [-0.2, -0.15) is 18.3 Å². The van der Waals surface area contributed by atoms with Crippen molar-refractivity contribution in [3.05, 3.63) is 68.9 Å². The van der Waals surface area contributed by atoms with Crippen molar-refractivity contribution in [2.75, 3.05) is 0 Å². The summed E-state index contributed by atoms with van der Waals surface area (Å²) >= 11 is 7.24. The van der Waals surface area contributed by atoms with Gasteiger partial charge in [-0.15, -0.1) is 11.3 Å². The molecule has 198 valence electrons. The van der Waals surface area contributed by atoms with Gasteiger partial charge in [-0.05, 0) is 42.5 Å². The third-order valence-corrected chi connectivity index (χ3v) is 8.44. The smallest absolute Gasteiger partial charge is 0.436 e. The maximum absolute atomic E-state index is 14.1. The molecule has 1 saturated carbocycles. The molecular formula is C26H17ClF3N5O3S. The Morgan fingerprint density at radius 2 is 2.03 bits per heavy atom. The molecule has 0 unspecified atom stereocenters. The lowest BCUT2D eigenvalue weighted by Crippen LogP contribution is -2.24. The Morgan fingerprint density at radius 3 is 2.74 bits per heavy atom. The molecule has 0 aliphatic heterocycles. The van der Waals surface area contributed by atoms with Gasteiger partial charge in [0.25, 0.3) is 5.56 Å². The second kappa shape index (κ2) is 8.30. The maximum atomic E-state index is 14.1. The van der Waals surface area contributed by atoms with E-state index in [0.717, 1.165) is 46.7 Å². The van der Waals surface area contributed by atoms with Crippen molar-refractivity contribution in [1.82, 2.24) is 24.5 Å². The summed E-state index contributed by atoms with van der Waals surface area (Å²) in [5.74, 6) is 0.229. The molecule has 0 atom stereocenters. The minimum absolute atomic E-state index is 0.133. The van der Waals surface area contributed by atoms with Crippen LogP contribution in [0, 0.1) is 0 Å². The van der Waals surface area contributed by atoms with Gasteiger partial charge in [0, 0.05) is 29.4 Å². The molecular weight excluding hydrogens is 555 g/mol. The summed E-state index contributed by atoms with van der Waals surface area (Å²) in [6.07, 6.45) is -1.05. The summed E-state index contributed by atoms with van der Waals surface area (Å²) in [4.78, 5) is 19.3. The van der Waals surface area contributed by atoms with Gasteiger partial charge in [0.2, 0.25) is 0 Å². The van der Waals surface area contributed by atoms with Crippen LogP contribution in [0.2, 0.25) is 5.02 Å². The van der Waals surface area contributed by atoms with Crippen molar-refractivity contribution in [3.8, 4) is 17.1 Å². The molecule has 13 heteroatoms. The highest BCUT2D eigenvalue weighted by Gasteiger charge is 2.35. The van der Waals surface area contributed by atoms with Gasteiger partial charge in [0.05, 0.1) is 33.4 Å². The van der Waals surface area contributed by atoms with E-state index in [1.165, 1.54) is 10.6 Å². The second-order valence-electron chi connectivity index (χ2n) is 9.60. The number of hydrogen-bond donors (Lipinski definition) is 1. The number of aromatic hydroxyl groups is 1. The summed E-state index contributed by atoms with van der Waals surface area (Å²) < 4.78 is 48.2. The number of fused-ring (bicyclic) bond motifs is 4. The zero-order valence-electron chi connectivity index (χ0n) is 20.1. The normalized spacial score (nSPS) is 14.3. The van der Waals surface area contributed by atoms with E-state index in [1.54, 1.807) is 16.9 Å². The van der Waals surface area contributed by atoms with Crippen molar-refractivity contribution < 1.29 is 22.8 Å². The highest BCUT2D eigenvalue weighted by Crippen LogP contribution is 2.46. The molecule has 0 radical (unpaired) electrons. The molecule has 0 bridgehead atoms. The van der Waals surface area contributed by atoms with Crippen LogP contribution in [-0.4, -0.2) is 29.6 Å². The first-order valence-corrected chi connectivity index (χ1v) is 13.1. The number of phenols is 1. The SMILES string of the molecule is Cn1ncc2cc(-c3nc4sc5c(O)c(Cl)ccc5c4c(=O)n3Cc3cc(C(F)(F)F)no3)c(C3CC3)cc21. The quantitative estimate of drug-likeness (QED) is 0.261. The van der Waals surface area contributed by atoms with Crippen molar-refractivity contribution in [2.45, 2.75) is 31.5 Å².